The van der Waals surface area contributed by atoms with Crippen LogP contribution >= 0.6 is 0 Å². The van der Waals surface area contributed by atoms with Gasteiger partial charge in [-0.25, -0.2) is 13.6 Å². The summed E-state index contributed by atoms with van der Waals surface area (Å²) in [5, 5.41) is 3.06. The Morgan fingerprint density at radius 2 is 1.83 bits per heavy atom. The number of carbonyl (C=O) groups is 2. The summed E-state index contributed by atoms with van der Waals surface area (Å²) in [5.41, 5.74) is 0.476. The molecule has 258 valence electrons. The maximum absolute atomic E-state index is 14.5. The van der Waals surface area contributed by atoms with Gasteiger partial charge in [-0.15, -0.1) is 0 Å². The van der Waals surface area contributed by atoms with Crippen molar-refractivity contribution in [1.29, 1.82) is 0 Å². The molecule has 1 saturated heterocycles. The molecule has 2 amide bonds. The number of nitrogens with one attached hydrogen (secondary N) is 1. The summed E-state index contributed by atoms with van der Waals surface area (Å²) in [5.74, 6) is -1.74. The van der Waals surface area contributed by atoms with Gasteiger partial charge in [0.25, 0.3) is 5.91 Å². The zero-order chi connectivity index (χ0) is 34.3. The molecule has 1 aliphatic carbocycles. The van der Waals surface area contributed by atoms with Crippen LogP contribution in [0.3, 0.4) is 0 Å². The molecule has 4 rings (SSSR count). The number of ether oxygens (including phenoxy) is 3. The minimum atomic E-state index is -3.06. The van der Waals surface area contributed by atoms with Gasteiger partial charge in [-0.3, -0.25) is 9.69 Å². The van der Waals surface area contributed by atoms with E-state index in [0.29, 0.717) is 12.1 Å². The van der Waals surface area contributed by atoms with Crippen LogP contribution in [0.15, 0.2) is 42.0 Å². The molecule has 47 heavy (non-hydrogen) atoms. The van der Waals surface area contributed by atoms with E-state index in [1.807, 2.05) is 20.8 Å². The van der Waals surface area contributed by atoms with Crippen LogP contribution in [0.4, 0.5) is 22.4 Å². The average Bonchev–Trinajstić information content (AvgIpc) is 3.61. The number of carbonyl (C=O) groups excluding carboxylic acids is 2. The molecule has 1 N–H and O–H groups in total. The van der Waals surface area contributed by atoms with Gasteiger partial charge in [0.05, 0.1) is 7.11 Å². The number of alkyl carbamates (subject to hydrolysis) is 1. The molecular weight excluding hydrogens is 618 g/mol. The smallest absolute Gasteiger partial charge is 0.407 e. The van der Waals surface area contributed by atoms with E-state index in [1.54, 1.807) is 17.9 Å². The Labute approximate surface area is 274 Å². The fourth-order valence-corrected chi connectivity index (χ4v) is 6.43. The Bertz CT molecular complexity index is 1430. The first-order valence-electron chi connectivity index (χ1n) is 16.0. The Morgan fingerprint density at radius 1 is 1.06 bits per heavy atom. The van der Waals surface area contributed by atoms with Crippen LogP contribution in [0.1, 0.15) is 75.7 Å². The Morgan fingerprint density at radius 3 is 2.51 bits per heavy atom. The minimum absolute atomic E-state index is 0.0102. The highest BCUT2D eigenvalue weighted by atomic mass is 19.3. The fraction of sp³-hybridized carbons (Fsp3) is 0.543. The zero-order valence-corrected chi connectivity index (χ0v) is 27.7. The normalized spacial score (nSPS) is 20.4. The number of hydrogen-bond donors (Lipinski definition) is 1. The molecule has 1 saturated carbocycles. The average molecular weight is 664 g/mol. The predicted molar refractivity (Wildman–Crippen MR) is 171 cm³/mol. The highest BCUT2D eigenvalue weighted by molar-refractivity contribution is 5.95. The molecule has 2 aromatic carbocycles. The highest BCUT2D eigenvalue weighted by Gasteiger charge is 2.36. The van der Waals surface area contributed by atoms with Crippen LogP contribution < -0.4 is 14.8 Å². The number of likely N-dealkylation sites (tertiary alicyclic amines) is 1. The summed E-state index contributed by atoms with van der Waals surface area (Å²) >= 11 is 0. The van der Waals surface area contributed by atoms with E-state index in [0.717, 1.165) is 51.3 Å². The van der Waals surface area contributed by atoms with Gasteiger partial charge in [-0.05, 0) is 96.2 Å². The highest BCUT2D eigenvalue weighted by Crippen LogP contribution is 2.32. The topological polar surface area (TPSA) is 80.3 Å². The third-order valence-corrected chi connectivity index (χ3v) is 8.48. The monoisotopic (exact) mass is 663 g/mol. The van der Waals surface area contributed by atoms with Crippen LogP contribution in [0.2, 0.25) is 0 Å². The van der Waals surface area contributed by atoms with Crippen LogP contribution in [-0.4, -0.2) is 79.4 Å². The standard InChI is InChI=1S/C35H45F4N3O5/c1-22(16-23-11-13-26(36)18-28(23)37)19-42(32(43)24-12-14-30(46-33(38)39)31(17-24)45-5)21-27-9-7-15-41(27)20-25-8-6-10-29(25)40-34(44)47-35(2,3)4/h11-14,16-18,25,27,29,33H,6-10,15,19-21H2,1-5H3,(H,40,44). The molecule has 12 heteroatoms. The van der Waals surface area contributed by atoms with E-state index in [2.05, 4.69) is 15.0 Å². The van der Waals surface area contributed by atoms with Gasteiger partial charge in [0, 0.05) is 48.9 Å². The molecule has 8 nitrogen and oxygen atoms in total. The van der Waals surface area contributed by atoms with E-state index in [9.17, 15) is 27.2 Å². The summed E-state index contributed by atoms with van der Waals surface area (Å²) in [7, 11) is 1.30. The molecule has 0 aromatic heterocycles. The van der Waals surface area contributed by atoms with E-state index >= 15 is 0 Å². The second kappa shape index (κ2) is 15.9. The second-order valence-electron chi connectivity index (χ2n) is 13.3. The number of methoxy groups -OCH3 is 1. The van der Waals surface area contributed by atoms with Gasteiger partial charge in [-0.2, -0.15) is 8.78 Å². The van der Waals surface area contributed by atoms with Gasteiger partial charge < -0.3 is 24.4 Å². The number of amides is 2. The molecule has 1 aliphatic heterocycles. The third kappa shape index (κ3) is 10.3. The summed E-state index contributed by atoms with van der Waals surface area (Å²) in [6.45, 7) is 6.27. The lowest BCUT2D eigenvalue weighted by Gasteiger charge is -2.34. The first-order chi connectivity index (χ1) is 22.2. The van der Waals surface area contributed by atoms with Gasteiger partial charge in [-0.1, -0.05) is 18.1 Å². The first kappa shape index (κ1) is 36.0. The van der Waals surface area contributed by atoms with Gasteiger partial charge >= 0.3 is 12.7 Å². The third-order valence-electron chi connectivity index (χ3n) is 8.48. The van der Waals surface area contributed by atoms with Crippen molar-refractivity contribution in [2.45, 2.75) is 84.1 Å². The number of halogens is 4. The lowest BCUT2D eigenvalue weighted by atomic mass is 10.0. The SMILES string of the molecule is COc1cc(C(=O)N(CC(C)=Cc2ccc(F)cc2F)CC2CCCN2CC2CCCC2NC(=O)OC(C)(C)C)ccc1OC(F)F. The minimum Gasteiger partial charge on any atom is -0.493 e. The molecule has 0 bridgehead atoms. The van der Waals surface area contributed by atoms with Crippen LogP contribution in [0.25, 0.3) is 6.08 Å². The number of benzene rings is 2. The second-order valence-corrected chi connectivity index (χ2v) is 13.3. The predicted octanol–water partition coefficient (Wildman–Crippen LogP) is 7.28. The fourth-order valence-electron chi connectivity index (χ4n) is 6.43. The van der Waals surface area contributed by atoms with Crippen molar-refractivity contribution in [1.82, 2.24) is 15.1 Å². The molecular formula is C35H45F4N3O5. The van der Waals surface area contributed by atoms with E-state index in [1.165, 1.54) is 37.4 Å². The maximum Gasteiger partial charge on any atom is 0.407 e. The molecule has 2 aromatic rings. The lowest BCUT2D eigenvalue weighted by molar-refractivity contribution is -0.0512. The Kier molecular flexibility index (Phi) is 12.2. The lowest BCUT2D eigenvalue weighted by Crippen LogP contribution is -2.48. The summed E-state index contributed by atoms with van der Waals surface area (Å²) in [6, 6.07) is 7.37. The number of nitrogens with zero attached hydrogens (tertiary/aromatic N) is 2. The van der Waals surface area contributed by atoms with Crippen molar-refractivity contribution < 1.29 is 41.4 Å². The largest absolute Gasteiger partial charge is 0.493 e. The number of hydrogen-bond acceptors (Lipinski definition) is 6. The van der Waals surface area contributed by atoms with Crippen LogP contribution in [-0.2, 0) is 4.74 Å². The van der Waals surface area contributed by atoms with Crippen LogP contribution in [0, 0.1) is 17.6 Å². The molecule has 2 aliphatic rings. The Hall–Kier alpha value is -3.80. The van der Waals surface area contributed by atoms with E-state index in [4.69, 9.17) is 9.47 Å². The van der Waals surface area contributed by atoms with E-state index in [-0.39, 0.29) is 53.1 Å². The molecule has 0 radical (unpaired) electrons. The molecule has 3 atom stereocenters. The van der Waals surface area contributed by atoms with Crippen molar-refractivity contribution in [3.63, 3.8) is 0 Å². The van der Waals surface area contributed by atoms with Gasteiger partial charge in [0.1, 0.15) is 17.2 Å². The van der Waals surface area contributed by atoms with Gasteiger partial charge in [0.2, 0.25) is 0 Å². The molecule has 2 fully saturated rings. The summed E-state index contributed by atoms with van der Waals surface area (Å²) < 4.78 is 69.0. The number of alkyl halides is 2. The first-order valence-corrected chi connectivity index (χ1v) is 16.0. The van der Waals surface area contributed by atoms with Crippen molar-refractivity contribution in [3.8, 4) is 11.5 Å². The van der Waals surface area contributed by atoms with E-state index < -0.39 is 29.9 Å². The maximum atomic E-state index is 14.5. The molecule has 1 heterocycles. The number of rotatable bonds is 12. The quantitative estimate of drug-likeness (QED) is 0.241. The van der Waals surface area contributed by atoms with Gasteiger partial charge in [0.15, 0.2) is 11.5 Å². The zero-order valence-electron chi connectivity index (χ0n) is 27.7. The summed E-state index contributed by atoms with van der Waals surface area (Å²) in [4.78, 5) is 30.6. The Balaban J connectivity index is 1.54. The molecule has 0 spiro atoms. The van der Waals surface area contributed by atoms with Crippen LogP contribution in [0.5, 0.6) is 11.5 Å². The summed E-state index contributed by atoms with van der Waals surface area (Å²) in [6.07, 6.45) is 5.75. The van der Waals surface area contributed by atoms with Crippen molar-refractivity contribution >= 4 is 18.1 Å². The van der Waals surface area contributed by atoms with Crippen molar-refractivity contribution in [2.24, 2.45) is 5.92 Å². The van der Waals surface area contributed by atoms with Crippen molar-refractivity contribution in [2.75, 3.05) is 33.3 Å². The molecule has 3 unspecified atom stereocenters. The van der Waals surface area contributed by atoms with Crippen molar-refractivity contribution in [3.05, 3.63) is 64.7 Å².